The van der Waals surface area contributed by atoms with Crippen molar-refractivity contribution in [1.82, 2.24) is 14.7 Å². The van der Waals surface area contributed by atoms with Crippen LogP contribution in [0.5, 0.6) is 0 Å². The second-order valence-corrected chi connectivity index (χ2v) is 8.79. The molecule has 2 unspecified atom stereocenters. The Morgan fingerprint density at radius 1 is 1.00 bits per heavy atom. The molecule has 2 saturated heterocycles. The molecule has 2 fully saturated rings. The first-order valence-electron chi connectivity index (χ1n) is 11.2. The standard InChI is InChI=1S/C25H30N4O4/c1-17-4-6-19(7-5-17)16-29-22(24(31)28-14-12-27(3)13-15-28)23(33-25(29)32)20-8-10-21(11-9-20)26-18(2)30/h4-11,22-23H,12-16H2,1-3H3,(H,26,30). The lowest BCUT2D eigenvalue weighted by Gasteiger charge is -2.36. The van der Waals surface area contributed by atoms with Gasteiger partial charge in [0.05, 0.1) is 6.54 Å². The van der Waals surface area contributed by atoms with Crippen LogP contribution in [0.15, 0.2) is 48.5 Å². The minimum atomic E-state index is -0.756. The number of benzene rings is 2. The predicted octanol–water partition coefficient (Wildman–Crippen LogP) is 2.79. The summed E-state index contributed by atoms with van der Waals surface area (Å²) >= 11 is 0. The fraction of sp³-hybridized carbons (Fsp3) is 0.400. The summed E-state index contributed by atoms with van der Waals surface area (Å²) in [6.45, 7) is 6.57. The van der Waals surface area contributed by atoms with Gasteiger partial charge in [-0.25, -0.2) is 4.79 Å². The number of amides is 3. The van der Waals surface area contributed by atoms with Gasteiger partial charge in [0.2, 0.25) is 11.8 Å². The summed E-state index contributed by atoms with van der Waals surface area (Å²) in [4.78, 5) is 43.5. The number of nitrogens with one attached hydrogen (secondary N) is 1. The van der Waals surface area contributed by atoms with E-state index in [4.69, 9.17) is 4.74 Å². The molecule has 4 rings (SSSR count). The van der Waals surface area contributed by atoms with Crippen molar-refractivity contribution in [3.05, 3.63) is 65.2 Å². The summed E-state index contributed by atoms with van der Waals surface area (Å²) in [6, 6.07) is 14.3. The van der Waals surface area contributed by atoms with Gasteiger partial charge in [0.25, 0.3) is 0 Å². The molecule has 1 N–H and O–H groups in total. The van der Waals surface area contributed by atoms with Crippen LogP contribution in [0.3, 0.4) is 0 Å². The van der Waals surface area contributed by atoms with Crippen molar-refractivity contribution < 1.29 is 19.1 Å². The number of anilines is 1. The molecular weight excluding hydrogens is 420 g/mol. The molecule has 0 radical (unpaired) electrons. The first-order valence-corrected chi connectivity index (χ1v) is 11.2. The Morgan fingerprint density at radius 3 is 2.24 bits per heavy atom. The zero-order valence-corrected chi connectivity index (χ0v) is 19.3. The molecule has 8 nitrogen and oxygen atoms in total. The van der Waals surface area contributed by atoms with E-state index in [0.717, 1.165) is 29.8 Å². The number of rotatable bonds is 5. The van der Waals surface area contributed by atoms with Crippen LogP contribution in [0.1, 0.15) is 29.7 Å². The molecule has 0 aromatic heterocycles. The van der Waals surface area contributed by atoms with E-state index >= 15 is 0 Å². The number of nitrogens with zero attached hydrogens (tertiary/aromatic N) is 3. The molecule has 0 bridgehead atoms. The first-order chi connectivity index (χ1) is 15.8. The first kappa shape index (κ1) is 22.8. The molecule has 2 aromatic rings. The summed E-state index contributed by atoms with van der Waals surface area (Å²) in [5, 5.41) is 2.73. The van der Waals surface area contributed by atoms with E-state index in [2.05, 4.69) is 10.2 Å². The van der Waals surface area contributed by atoms with Crippen molar-refractivity contribution in [3.63, 3.8) is 0 Å². The number of hydrogen-bond acceptors (Lipinski definition) is 5. The highest BCUT2D eigenvalue weighted by Crippen LogP contribution is 2.35. The molecule has 2 heterocycles. The summed E-state index contributed by atoms with van der Waals surface area (Å²) in [5.74, 6) is -0.264. The van der Waals surface area contributed by atoms with Crippen molar-refractivity contribution in [2.45, 2.75) is 32.5 Å². The topological polar surface area (TPSA) is 82.2 Å². The number of ether oxygens (including phenoxy) is 1. The van der Waals surface area contributed by atoms with Crippen molar-refractivity contribution in [2.24, 2.45) is 0 Å². The third-order valence-electron chi connectivity index (χ3n) is 6.19. The number of likely N-dealkylation sites (N-methyl/N-ethyl adjacent to an activating group) is 1. The number of carbonyl (C=O) groups excluding carboxylic acids is 3. The van der Waals surface area contributed by atoms with Crippen molar-refractivity contribution in [2.75, 3.05) is 38.5 Å². The van der Waals surface area contributed by atoms with Crippen LogP contribution in [-0.2, 0) is 20.9 Å². The number of cyclic esters (lactones) is 1. The lowest BCUT2D eigenvalue weighted by molar-refractivity contribution is -0.138. The predicted molar refractivity (Wildman–Crippen MR) is 125 cm³/mol. The van der Waals surface area contributed by atoms with E-state index in [1.807, 2.05) is 43.1 Å². The minimum Gasteiger partial charge on any atom is -0.438 e. The van der Waals surface area contributed by atoms with E-state index in [0.29, 0.717) is 25.3 Å². The van der Waals surface area contributed by atoms with Crippen LogP contribution in [0.4, 0.5) is 10.5 Å². The van der Waals surface area contributed by atoms with Crippen LogP contribution in [0.2, 0.25) is 0 Å². The van der Waals surface area contributed by atoms with Gasteiger partial charge in [-0.2, -0.15) is 0 Å². The molecule has 2 aliphatic heterocycles. The number of carbonyl (C=O) groups is 3. The fourth-order valence-electron chi connectivity index (χ4n) is 4.26. The Balaban J connectivity index is 1.62. The van der Waals surface area contributed by atoms with Gasteiger partial charge in [0.1, 0.15) is 0 Å². The van der Waals surface area contributed by atoms with E-state index in [1.54, 1.807) is 24.3 Å². The monoisotopic (exact) mass is 450 g/mol. The van der Waals surface area contributed by atoms with Gasteiger partial charge in [-0.1, -0.05) is 42.0 Å². The third-order valence-corrected chi connectivity index (χ3v) is 6.19. The van der Waals surface area contributed by atoms with E-state index in [1.165, 1.54) is 11.8 Å². The van der Waals surface area contributed by atoms with Gasteiger partial charge in [-0.05, 0) is 37.2 Å². The summed E-state index contributed by atoms with van der Waals surface area (Å²) < 4.78 is 5.76. The highest BCUT2D eigenvalue weighted by atomic mass is 16.6. The van der Waals surface area contributed by atoms with Gasteiger partial charge >= 0.3 is 6.09 Å². The quantitative estimate of drug-likeness (QED) is 0.758. The minimum absolute atomic E-state index is 0.100. The lowest BCUT2D eigenvalue weighted by Crippen LogP contribution is -2.54. The number of piperazine rings is 1. The summed E-state index contributed by atoms with van der Waals surface area (Å²) in [6.07, 6.45) is -1.22. The molecule has 0 spiro atoms. The highest BCUT2D eigenvalue weighted by molar-refractivity contribution is 5.90. The molecule has 2 atom stereocenters. The van der Waals surface area contributed by atoms with Crippen molar-refractivity contribution >= 4 is 23.6 Å². The van der Waals surface area contributed by atoms with Gasteiger partial charge in [0, 0.05) is 38.8 Å². The van der Waals surface area contributed by atoms with Gasteiger partial charge in [-0.15, -0.1) is 0 Å². The zero-order chi connectivity index (χ0) is 23.5. The van der Waals surface area contributed by atoms with E-state index < -0.39 is 18.2 Å². The highest BCUT2D eigenvalue weighted by Gasteiger charge is 2.48. The molecule has 0 aliphatic carbocycles. The second-order valence-electron chi connectivity index (χ2n) is 8.79. The van der Waals surface area contributed by atoms with E-state index in [9.17, 15) is 14.4 Å². The molecule has 174 valence electrons. The molecule has 0 saturated carbocycles. The maximum atomic E-state index is 13.7. The Bertz CT molecular complexity index is 1010. The van der Waals surface area contributed by atoms with Gasteiger partial charge in [0.15, 0.2) is 12.1 Å². The van der Waals surface area contributed by atoms with E-state index in [-0.39, 0.29) is 11.8 Å². The fourth-order valence-corrected chi connectivity index (χ4v) is 4.26. The maximum absolute atomic E-state index is 13.7. The molecule has 8 heteroatoms. The Labute approximate surface area is 194 Å². The second kappa shape index (κ2) is 9.62. The largest absolute Gasteiger partial charge is 0.438 e. The van der Waals surface area contributed by atoms with Crippen LogP contribution >= 0.6 is 0 Å². The molecular formula is C25H30N4O4. The zero-order valence-electron chi connectivity index (χ0n) is 19.3. The third kappa shape index (κ3) is 5.17. The lowest BCUT2D eigenvalue weighted by atomic mass is 9.99. The van der Waals surface area contributed by atoms with Gasteiger partial charge < -0.3 is 19.9 Å². The average Bonchev–Trinajstić information content (AvgIpc) is 3.11. The normalized spacial score (nSPS) is 21.1. The molecule has 2 aliphatic rings. The van der Waals surface area contributed by atoms with Crippen molar-refractivity contribution in [3.8, 4) is 0 Å². The molecule has 2 aromatic carbocycles. The Hall–Kier alpha value is -3.39. The van der Waals surface area contributed by atoms with Crippen LogP contribution in [0.25, 0.3) is 0 Å². The summed E-state index contributed by atoms with van der Waals surface area (Å²) in [7, 11) is 2.03. The Morgan fingerprint density at radius 2 is 1.64 bits per heavy atom. The van der Waals surface area contributed by atoms with Crippen LogP contribution in [0, 0.1) is 6.92 Å². The average molecular weight is 451 g/mol. The molecule has 3 amide bonds. The Kier molecular flexibility index (Phi) is 6.65. The smallest absolute Gasteiger partial charge is 0.411 e. The van der Waals surface area contributed by atoms with Crippen LogP contribution < -0.4 is 5.32 Å². The van der Waals surface area contributed by atoms with Crippen LogP contribution in [-0.4, -0.2) is 71.9 Å². The van der Waals surface area contributed by atoms with Crippen molar-refractivity contribution in [1.29, 1.82) is 0 Å². The molecule has 33 heavy (non-hydrogen) atoms. The summed E-state index contributed by atoms with van der Waals surface area (Å²) in [5.41, 5.74) is 3.44. The number of aryl methyl sites for hydroxylation is 1. The SMILES string of the molecule is CC(=O)Nc1ccc(C2OC(=O)N(Cc3ccc(C)cc3)C2C(=O)N2CCN(C)CC2)cc1. The maximum Gasteiger partial charge on any atom is 0.411 e. The van der Waals surface area contributed by atoms with Gasteiger partial charge in [-0.3, -0.25) is 14.5 Å². The number of hydrogen-bond donors (Lipinski definition) is 1.